The molecule has 0 bridgehead atoms. The standard InChI is InChI=1S/C26H25N3O4S/c27-25(30)24-15-19-7-2-4-9-22(19)17-29(24)26(31)20-10-5-11-23(14-20)34(32,33)28-13-12-18-6-1-3-8-21(18)16-28/h1-11,14,24H,12-13,15-17H2,(H2,27,30)/t24-/m0/s1. The lowest BCUT2D eigenvalue weighted by molar-refractivity contribution is -0.122. The Bertz CT molecular complexity index is 1390. The number of carbonyl (C=O) groups excluding carboxylic acids is 2. The molecule has 2 N–H and O–H groups in total. The normalized spacial score (nSPS) is 18.1. The third-order valence-corrected chi connectivity index (χ3v) is 8.49. The summed E-state index contributed by atoms with van der Waals surface area (Å²) < 4.78 is 28.3. The summed E-state index contributed by atoms with van der Waals surface area (Å²) in [6.45, 7) is 0.913. The van der Waals surface area contributed by atoms with Gasteiger partial charge in [0.2, 0.25) is 15.9 Å². The molecule has 0 aromatic heterocycles. The first-order chi connectivity index (χ1) is 16.3. The lowest BCUT2D eigenvalue weighted by Gasteiger charge is -2.35. The molecule has 7 nitrogen and oxygen atoms in total. The van der Waals surface area contributed by atoms with Crippen molar-refractivity contribution in [2.75, 3.05) is 6.54 Å². The van der Waals surface area contributed by atoms with Gasteiger partial charge in [-0.05, 0) is 46.9 Å². The molecule has 3 aromatic rings. The molecule has 0 radical (unpaired) electrons. The Labute approximate surface area is 198 Å². The first kappa shape index (κ1) is 22.3. The highest BCUT2D eigenvalue weighted by Gasteiger charge is 2.35. The molecule has 2 aliphatic rings. The Balaban J connectivity index is 1.44. The van der Waals surface area contributed by atoms with E-state index in [2.05, 4.69) is 0 Å². The van der Waals surface area contributed by atoms with Crippen LogP contribution in [0.1, 0.15) is 32.6 Å². The summed E-state index contributed by atoms with van der Waals surface area (Å²) in [6.07, 6.45) is 0.976. The quantitative estimate of drug-likeness (QED) is 0.626. The zero-order chi connectivity index (χ0) is 23.9. The summed E-state index contributed by atoms with van der Waals surface area (Å²) in [5.41, 5.74) is 9.92. The number of amides is 2. The molecular formula is C26H25N3O4S. The van der Waals surface area contributed by atoms with Gasteiger partial charge in [0.15, 0.2) is 0 Å². The summed E-state index contributed by atoms with van der Waals surface area (Å²) in [5, 5.41) is 0. The highest BCUT2D eigenvalue weighted by Crippen LogP contribution is 2.28. The Morgan fingerprint density at radius 3 is 2.18 bits per heavy atom. The second kappa shape index (κ2) is 8.70. The molecular weight excluding hydrogens is 450 g/mol. The number of sulfonamides is 1. The van der Waals surface area contributed by atoms with Crippen LogP contribution in [0.3, 0.4) is 0 Å². The fourth-order valence-electron chi connectivity index (χ4n) is 4.77. The van der Waals surface area contributed by atoms with Crippen LogP contribution in [0.4, 0.5) is 0 Å². The zero-order valence-corrected chi connectivity index (χ0v) is 19.4. The number of carbonyl (C=O) groups is 2. The first-order valence-corrected chi connectivity index (χ1v) is 12.6. The summed E-state index contributed by atoms with van der Waals surface area (Å²) in [7, 11) is -3.80. The maximum Gasteiger partial charge on any atom is 0.254 e. The molecule has 0 aliphatic carbocycles. The van der Waals surface area contributed by atoms with Gasteiger partial charge < -0.3 is 10.6 Å². The molecule has 0 saturated heterocycles. The topological polar surface area (TPSA) is 101 Å². The number of fused-ring (bicyclic) bond motifs is 2. The van der Waals surface area contributed by atoms with Crippen LogP contribution in [0.2, 0.25) is 0 Å². The summed E-state index contributed by atoms with van der Waals surface area (Å²) >= 11 is 0. The van der Waals surface area contributed by atoms with Crippen LogP contribution in [0.5, 0.6) is 0 Å². The smallest absolute Gasteiger partial charge is 0.254 e. The Hall–Kier alpha value is -3.49. The van der Waals surface area contributed by atoms with Gasteiger partial charge in [0.05, 0.1) is 4.90 Å². The minimum absolute atomic E-state index is 0.0609. The van der Waals surface area contributed by atoms with Crippen LogP contribution < -0.4 is 5.73 Å². The number of rotatable bonds is 4. The van der Waals surface area contributed by atoms with Gasteiger partial charge in [0, 0.05) is 31.6 Å². The first-order valence-electron chi connectivity index (χ1n) is 11.2. The number of nitrogens with zero attached hydrogens (tertiary/aromatic N) is 2. The summed E-state index contributed by atoms with van der Waals surface area (Å²) in [4.78, 5) is 27.1. The number of primary amides is 1. The number of hydrogen-bond acceptors (Lipinski definition) is 4. The Morgan fingerprint density at radius 2 is 1.47 bits per heavy atom. The van der Waals surface area contributed by atoms with Crippen LogP contribution in [0, 0.1) is 0 Å². The van der Waals surface area contributed by atoms with Crippen molar-refractivity contribution in [2.24, 2.45) is 5.73 Å². The number of nitrogens with two attached hydrogens (primary N) is 1. The molecule has 34 heavy (non-hydrogen) atoms. The van der Waals surface area contributed by atoms with Crippen molar-refractivity contribution in [1.82, 2.24) is 9.21 Å². The third kappa shape index (κ3) is 3.99. The highest BCUT2D eigenvalue weighted by molar-refractivity contribution is 7.89. The van der Waals surface area contributed by atoms with E-state index in [4.69, 9.17) is 5.73 Å². The summed E-state index contributed by atoms with van der Waals surface area (Å²) in [6, 6.07) is 20.7. The lowest BCUT2D eigenvalue weighted by atomic mass is 9.93. The van der Waals surface area contributed by atoms with E-state index in [0.29, 0.717) is 25.9 Å². The minimum atomic E-state index is -3.80. The van der Waals surface area contributed by atoms with Crippen molar-refractivity contribution in [3.05, 3.63) is 101 Å². The molecule has 0 fully saturated rings. The van der Waals surface area contributed by atoms with Gasteiger partial charge in [-0.1, -0.05) is 54.6 Å². The average Bonchev–Trinajstić information content (AvgIpc) is 2.87. The maximum absolute atomic E-state index is 13.5. The SMILES string of the molecule is NC(=O)[C@@H]1Cc2ccccc2CN1C(=O)c1cccc(S(=O)(=O)N2CCc3ccccc3C2)c1. The van der Waals surface area contributed by atoms with Gasteiger partial charge in [0.25, 0.3) is 5.91 Å². The Morgan fingerprint density at radius 1 is 0.824 bits per heavy atom. The van der Waals surface area contributed by atoms with Crippen LogP contribution >= 0.6 is 0 Å². The monoisotopic (exact) mass is 475 g/mol. The van der Waals surface area contributed by atoms with Crippen LogP contribution in [0.15, 0.2) is 77.7 Å². The van der Waals surface area contributed by atoms with E-state index in [9.17, 15) is 18.0 Å². The van der Waals surface area contributed by atoms with Crippen molar-refractivity contribution in [3.8, 4) is 0 Å². The van der Waals surface area contributed by atoms with E-state index in [-0.39, 0.29) is 17.0 Å². The number of hydrogen-bond donors (Lipinski definition) is 1. The van der Waals surface area contributed by atoms with E-state index in [0.717, 1.165) is 22.3 Å². The fourth-order valence-corrected chi connectivity index (χ4v) is 6.24. The van der Waals surface area contributed by atoms with E-state index < -0.39 is 27.9 Å². The maximum atomic E-state index is 13.5. The molecule has 8 heteroatoms. The molecule has 2 heterocycles. The molecule has 174 valence electrons. The van der Waals surface area contributed by atoms with Crippen molar-refractivity contribution in [2.45, 2.75) is 36.9 Å². The van der Waals surface area contributed by atoms with Crippen molar-refractivity contribution in [3.63, 3.8) is 0 Å². The van der Waals surface area contributed by atoms with Crippen LogP contribution in [0.25, 0.3) is 0 Å². The predicted molar refractivity (Wildman–Crippen MR) is 127 cm³/mol. The lowest BCUT2D eigenvalue weighted by Crippen LogP contribution is -2.51. The molecule has 3 aromatic carbocycles. The highest BCUT2D eigenvalue weighted by atomic mass is 32.2. The zero-order valence-electron chi connectivity index (χ0n) is 18.6. The van der Waals surface area contributed by atoms with E-state index in [1.54, 1.807) is 12.1 Å². The van der Waals surface area contributed by atoms with Crippen molar-refractivity contribution < 1.29 is 18.0 Å². The molecule has 0 spiro atoms. The molecule has 2 aliphatic heterocycles. The van der Waals surface area contributed by atoms with E-state index in [1.165, 1.54) is 21.3 Å². The van der Waals surface area contributed by atoms with Crippen molar-refractivity contribution in [1.29, 1.82) is 0 Å². The molecule has 2 amide bonds. The largest absolute Gasteiger partial charge is 0.368 e. The van der Waals surface area contributed by atoms with E-state index in [1.807, 2.05) is 48.5 Å². The van der Waals surface area contributed by atoms with Gasteiger partial charge in [-0.25, -0.2) is 8.42 Å². The Kier molecular flexibility index (Phi) is 5.71. The van der Waals surface area contributed by atoms with Gasteiger partial charge in [-0.15, -0.1) is 0 Å². The second-order valence-corrected chi connectivity index (χ2v) is 10.6. The van der Waals surface area contributed by atoms with Crippen molar-refractivity contribution >= 4 is 21.8 Å². The molecule has 5 rings (SSSR count). The van der Waals surface area contributed by atoms with E-state index >= 15 is 0 Å². The average molecular weight is 476 g/mol. The van der Waals surface area contributed by atoms with Gasteiger partial charge in [0.1, 0.15) is 6.04 Å². The minimum Gasteiger partial charge on any atom is -0.368 e. The fraction of sp³-hybridized carbons (Fsp3) is 0.231. The van der Waals surface area contributed by atoms with Gasteiger partial charge in [-0.2, -0.15) is 4.31 Å². The second-order valence-electron chi connectivity index (χ2n) is 8.71. The molecule has 0 saturated carbocycles. The van der Waals surface area contributed by atoms with Crippen LogP contribution in [-0.2, 0) is 40.7 Å². The predicted octanol–water partition coefficient (Wildman–Crippen LogP) is 2.49. The number of benzene rings is 3. The van der Waals surface area contributed by atoms with Gasteiger partial charge in [-0.3, -0.25) is 9.59 Å². The third-order valence-electron chi connectivity index (χ3n) is 6.65. The van der Waals surface area contributed by atoms with Gasteiger partial charge >= 0.3 is 0 Å². The summed E-state index contributed by atoms with van der Waals surface area (Å²) in [5.74, 6) is -1.00. The molecule has 1 atom stereocenters. The van der Waals surface area contributed by atoms with Crippen LogP contribution in [-0.4, -0.2) is 42.0 Å². The molecule has 0 unspecified atom stereocenters.